The highest BCUT2D eigenvalue weighted by atomic mass is 16.5. The van der Waals surface area contributed by atoms with Crippen LogP contribution in [0.4, 0.5) is 5.69 Å². The zero-order chi connectivity index (χ0) is 14.1. The number of H-pyrrole nitrogens is 1. The van der Waals surface area contributed by atoms with E-state index in [9.17, 15) is 0 Å². The predicted octanol–water partition coefficient (Wildman–Crippen LogP) is 3.81. The van der Waals surface area contributed by atoms with Crippen molar-refractivity contribution in [2.24, 2.45) is 0 Å². The standard InChI is InChI=1S/C15H12N4O/c1-9-15(14(19-18-9)11-3-4-11)20-13-6-10(8-16)5-12(7-13)17-2/h5-7,11H,3-4H2,1H3,(H,18,19). The molecule has 0 saturated heterocycles. The van der Waals surface area contributed by atoms with Gasteiger partial charge in [-0.15, -0.1) is 0 Å². The van der Waals surface area contributed by atoms with Crippen molar-refractivity contribution in [3.8, 4) is 17.6 Å². The highest BCUT2D eigenvalue weighted by Crippen LogP contribution is 2.45. The maximum atomic E-state index is 8.99. The van der Waals surface area contributed by atoms with Crippen molar-refractivity contribution in [1.82, 2.24) is 10.2 Å². The van der Waals surface area contributed by atoms with Gasteiger partial charge in [-0.2, -0.15) is 10.4 Å². The number of nitrogens with zero attached hydrogens (tertiary/aromatic N) is 3. The molecular formula is C15H12N4O. The highest BCUT2D eigenvalue weighted by Gasteiger charge is 2.30. The molecule has 0 amide bonds. The van der Waals surface area contributed by atoms with Crippen LogP contribution in [0.5, 0.6) is 11.5 Å². The zero-order valence-corrected chi connectivity index (χ0v) is 11.0. The first kappa shape index (κ1) is 12.3. The van der Waals surface area contributed by atoms with Crippen LogP contribution in [-0.2, 0) is 0 Å². The molecule has 0 unspecified atom stereocenters. The van der Waals surface area contributed by atoms with Crippen molar-refractivity contribution in [1.29, 1.82) is 5.26 Å². The fourth-order valence-corrected chi connectivity index (χ4v) is 2.09. The third-order valence-corrected chi connectivity index (χ3v) is 3.25. The molecule has 3 rings (SSSR count). The van der Waals surface area contributed by atoms with Crippen LogP contribution in [0.2, 0.25) is 0 Å². The van der Waals surface area contributed by atoms with Crippen LogP contribution in [0, 0.1) is 24.8 Å². The molecule has 1 aromatic heterocycles. The van der Waals surface area contributed by atoms with E-state index in [0.717, 1.165) is 30.0 Å². The first-order valence-corrected chi connectivity index (χ1v) is 6.36. The van der Waals surface area contributed by atoms with E-state index in [2.05, 4.69) is 15.0 Å². The first-order valence-electron chi connectivity index (χ1n) is 6.36. The molecule has 2 aromatic rings. The number of benzene rings is 1. The summed E-state index contributed by atoms with van der Waals surface area (Å²) in [7, 11) is 0. The molecule has 0 aliphatic heterocycles. The van der Waals surface area contributed by atoms with Crippen molar-refractivity contribution in [2.75, 3.05) is 0 Å². The second-order valence-electron chi connectivity index (χ2n) is 4.88. The largest absolute Gasteiger partial charge is 0.455 e. The minimum Gasteiger partial charge on any atom is -0.455 e. The number of ether oxygens (including phenoxy) is 1. The molecule has 0 bridgehead atoms. The summed E-state index contributed by atoms with van der Waals surface area (Å²) in [6, 6.07) is 6.86. The van der Waals surface area contributed by atoms with Gasteiger partial charge >= 0.3 is 0 Å². The number of rotatable bonds is 3. The van der Waals surface area contributed by atoms with E-state index in [1.165, 1.54) is 0 Å². The third-order valence-electron chi connectivity index (χ3n) is 3.25. The zero-order valence-electron chi connectivity index (χ0n) is 11.0. The summed E-state index contributed by atoms with van der Waals surface area (Å²) in [5.41, 5.74) is 2.61. The molecule has 0 radical (unpaired) electrons. The summed E-state index contributed by atoms with van der Waals surface area (Å²) < 4.78 is 5.88. The SMILES string of the molecule is [C-]#[N+]c1cc(C#N)cc(Oc2c(C3CC3)n[nH]c2C)c1. The van der Waals surface area contributed by atoms with E-state index < -0.39 is 0 Å². The molecule has 1 fully saturated rings. The lowest BCUT2D eigenvalue weighted by molar-refractivity contribution is 0.473. The number of nitrogens with one attached hydrogen (secondary N) is 1. The van der Waals surface area contributed by atoms with E-state index in [4.69, 9.17) is 16.6 Å². The molecule has 1 aliphatic rings. The molecule has 1 heterocycles. The van der Waals surface area contributed by atoms with Gasteiger partial charge in [-0.3, -0.25) is 5.10 Å². The quantitative estimate of drug-likeness (QED) is 0.857. The molecule has 1 saturated carbocycles. The molecule has 5 heteroatoms. The van der Waals surface area contributed by atoms with Crippen LogP contribution in [0.15, 0.2) is 18.2 Å². The molecule has 1 aliphatic carbocycles. The average Bonchev–Trinajstić information content (AvgIpc) is 3.25. The van der Waals surface area contributed by atoms with Gasteiger partial charge in [-0.25, -0.2) is 4.85 Å². The normalized spacial score (nSPS) is 13.6. The number of aromatic amines is 1. The van der Waals surface area contributed by atoms with Crippen LogP contribution in [0.1, 0.15) is 35.7 Å². The average molecular weight is 264 g/mol. The van der Waals surface area contributed by atoms with Gasteiger partial charge in [-0.05, 0) is 38.0 Å². The molecule has 1 aromatic carbocycles. The van der Waals surface area contributed by atoms with Crippen molar-refractivity contribution < 1.29 is 4.74 Å². The van der Waals surface area contributed by atoms with Crippen molar-refractivity contribution in [3.05, 3.63) is 46.6 Å². The van der Waals surface area contributed by atoms with E-state index in [1.807, 2.05) is 13.0 Å². The Morgan fingerprint density at radius 3 is 2.90 bits per heavy atom. The third kappa shape index (κ3) is 2.22. The van der Waals surface area contributed by atoms with Gasteiger partial charge in [0.25, 0.3) is 0 Å². The summed E-state index contributed by atoms with van der Waals surface area (Å²) in [4.78, 5) is 3.36. The van der Waals surface area contributed by atoms with E-state index in [1.54, 1.807) is 18.2 Å². The summed E-state index contributed by atoms with van der Waals surface area (Å²) in [5, 5.41) is 16.2. The smallest absolute Gasteiger partial charge is 0.192 e. The van der Waals surface area contributed by atoms with Gasteiger partial charge in [-0.1, -0.05) is 0 Å². The Morgan fingerprint density at radius 2 is 2.25 bits per heavy atom. The van der Waals surface area contributed by atoms with Crippen LogP contribution in [0.3, 0.4) is 0 Å². The van der Waals surface area contributed by atoms with Crippen LogP contribution in [-0.4, -0.2) is 10.2 Å². The summed E-state index contributed by atoms with van der Waals surface area (Å²) >= 11 is 0. The van der Waals surface area contributed by atoms with Crippen molar-refractivity contribution >= 4 is 5.69 Å². The Balaban J connectivity index is 1.97. The number of aromatic nitrogens is 2. The Kier molecular flexibility index (Phi) is 2.89. The van der Waals surface area contributed by atoms with Gasteiger partial charge in [0.05, 0.1) is 18.3 Å². The Hall–Kier alpha value is -2.79. The van der Waals surface area contributed by atoms with Gasteiger partial charge in [0, 0.05) is 11.5 Å². The van der Waals surface area contributed by atoms with E-state index in [0.29, 0.717) is 22.9 Å². The maximum Gasteiger partial charge on any atom is 0.192 e. The lowest BCUT2D eigenvalue weighted by atomic mass is 10.2. The maximum absolute atomic E-state index is 8.99. The van der Waals surface area contributed by atoms with Gasteiger partial charge < -0.3 is 4.74 Å². The molecule has 20 heavy (non-hydrogen) atoms. The number of aryl methyl sites for hydroxylation is 1. The van der Waals surface area contributed by atoms with Gasteiger partial charge in [0.15, 0.2) is 11.4 Å². The van der Waals surface area contributed by atoms with Gasteiger partial charge in [0.1, 0.15) is 11.4 Å². The summed E-state index contributed by atoms with van der Waals surface area (Å²) in [6.45, 7) is 8.97. The molecule has 0 spiro atoms. The van der Waals surface area contributed by atoms with Crippen molar-refractivity contribution in [2.45, 2.75) is 25.7 Å². The van der Waals surface area contributed by atoms with Gasteiger partial charge in [0.2, 0.25) is 0 Å². The van der Waals surface area contributed by atoms with Crippen LogP contribution in [0.25, 0.3) is 4.85 Å². The second-order valence-corrected chi connectivity index (χ2v) is 4.88. The Morgan fingerprint density at radius 1 is 1.45 bits per heavy atom. The van der Waals surface area contributed by atoms with E-state index in [-0.39, 0.29) is 0 Å². The Bertz CT molecular complexity index is 712. The lowest BCUT2D eigenvalue weighted by Gasteiger charge is -2.07. The van der Waals surface area contributed by atoms with Crippen LogP contribution < -0.4 is 4.74 Å². The molecule has 1 N–H and O–H groups in total. The highest BCUT2D eigenvalue weighted by molar-refractivity contribution is 5.56. The lowest BCUT2D eigenvalue weighted by Crippen LogP contribution is -1.90. The number of nitriles is 1. The summed E-state index contributed by atoms with van der Waals surface area (Å²) in [6.07, 6.45) is 2.26. The number of hydrogen-bond acceptors (Lipinski definition) is 3. The molecule has 98 valence electrons. The molecule has 0 atom stereocenters. The van der Waals surface area contributed by atoms with Crippen LogP contribution >= 0.6 is 0 Å². The van der Waals surface area contributed by atoms with Crippen molar-refractivity contribution in [3.63, 3.8) is 0 Å². The summed E-state index contributed by atoms with van der Waals surface area (Å²) in [5.74, 6) is 1.69. The second kappa shape index (κ2) is 4.71. The fraction of sp³-hybridized carbons (Fsp3) is 0.267. The first-order chi connectivity index (χ1) is 9.71. The fourth-order valence-electron chi connectivity index (χ4n) is 2.09. The minimum atomic E-state index is 0.396. The topological polar surface area (TPSA) is 66.1 Å². The Labute approximate surface area is 116 Å². The number of hydrogen-bond donors (Lipinski definition) is 1. The predicted molar refractivity (Wildman–Crippen MR) is 72.8 cm³/mol. The minimum absolute atomic E-state index is 0.396. The van der Waals surface area contributed by atoms with E-state index >= 15 is 0 Å². The molecular weight excluding hydrogens is 252 g/mol. The molecule has 5 nitrogen and oxygen atoms in total. The monoisotopic (exact) mass is 264 g/mol.